The van der Waals surface area contributed by atoms with E-state index in [0.717, 1.165) is 12.1 Å². The Bertz CT molecular complexity index is 1590. The molecule has 0 aliphatic heterocycles. The van der Waals surface area contributed by atoms with Gasteiger partial charge in [-0.2, -0.15) is 5.10 Å². The number of para-hydroxylation sites is 1. The first-order chi connectivity index (χ1) is 19.0. The minimum atomic E-state index is -0.741. The molecular formula is C27H25F2N7O3. The zero-order valence-corrected chi connectivity index (χ0v) is 20.9. The number of aromatic nitrogens is 5. The second-order valence-electron chi connectivity index (χ2n) is 8.37. The van der Waals surface area contributed by atoms with E-state index in [1.807, 2.05) is 12.1 Å². The zero-order valence-electron chi connectivity index (χ0n) is 20.9. The first-order valence-corrected chi connectivity index (χ1v) is 12.1. The van der Waals surface area contributed by atoms with Crippen molar-refractivity contribution in [3.05, 3.63) is 78.1 Å². The average Bonchev–Trinajstić information content (AvgIpc) is 3.29. The molecule has 0 radical (unpaired) electrons. The van der Waals surface area contributed by atoms with Gasteiger partial charge in [0.1, 0.15) is 29.7 Å². The second kappa shape index (κ2) is 11.3. The molecule has 0 saturated carbocycles. The van der Waals surface area contributed by atoms with E-state index < -0.39 is 11.6 Å². The summed E-state index contributed by atoms with van der Waals surface area (Å²) < 4.78 is 42.1. The van der Waals surface area contributed by atoms with Crippen LogP contribution < -0.4 is 20.5 Å². The van der Waals surface area contributed by atoms with Crippen molar-refractivity contribution in [1.82, 2.24) is 24.7 Å². The molecule has 0 atom stereocenters. The van der Waals surface area contributed by atoms with E-state index in [-0.39, 0.29) is 60.9 Å². The maximum atomic E-state index is 14.9. The minimum absolute atomic E-state index is 0.0191. The van der Waals surface area contributed by atoms with Crippen LogP contribution in [0.2, 0.25) is 0 Å². The van der Waals surface area contributed by atoms with Gasteiger partial charge >= 0.3 is 0 Å². The summed E-state index contributed by atoms with van der Waals surface area (Å²) in [7, 11) is 0. The number of aliphatic hydroxyl groups is 1. The van der Waals surface area contributed by atoms with Crippen molar-refractivity contribution < 1.29 is 23.4 Å². The van der Waals surface area contributed by atoms with Crippen molar-refractivity contribution in [2.45, 2.75) is 13.5 Å². The number of halogens is 2. The van der Waals surface area contributed by atoms with Crippen molar-refractivity contribution in [2.75, 3.05) is 30.9 Å². The lowest BCUT2D eigenvalue weighted by atomic mass is 10.1. The van der Waals surface area contributed by atoms with Gasteiger partial charge in [0.15, 0.2) is 17.5 Å². The second-order valence-corrected chi connectivity index (χ2v) is 8.37. The van der Waals surface area contributed by atoms with Crippen molar-refractivity contribution in [3.63, 3.8) is 0 Å². The third kappa shape index (κ3) is 5.41. The van der Waals surface area contributed by atoms with Crippen LogP contribution in [0.25, 0.3) is 22.4 Å². The van der Waals surface area contributed by atoms with E-state index in [2.05, 4.69) is 25.4 Å². The summed E-state index contributed by atoms with van der Waals surface area (Å²) in [5.74, 6) is -0.769. The van der Waals surface area contributed by atoms with E-state index in [1.54, 1.807) is 43.6 Å². The van der Waals surface area contributed by atoms with Crippen LogP contribution in [0.5, 0.6) is 11.5 Å². The first kappa shape index (κ1) is 25.8. The molecule has 0 fully saturated rings. The minimum Gasteiger partial charge on any atom is -0.494 e. The Morgan fingerprint density at radius 1 is 1.03 bits per heavy atom. The Morgan fingerprint density at radius 2 is 1.77 bits per heavy atom. The van der Waals surface area contributed by atoms with E-state index in [1.165, 1.54) is 4.68 Å². The van der Waals surface area contributed by atoms with Crippen LogP contribution >= 0.6 is 0 Å². The number of hydrogen-bond acceptors (Lipinski definition) is 9. The maximum Gasteiger partial charge on any atom is 0.204 e. The Labute approximate surface area is 222 Å². The summed E-state index contributed by atoms with van der Waals surface area (Å²) >= 11 is 0. The van der Waals surface area contributed by atoms with E-state index in [4.69, 9.17) is 15.2 Å². The number of nitrogen functional groups attached to an aromatic ring is 1. The van der Waals surface area contributed by atoms with Crippen LogP contribution in [0, 0.1) is 11.6 Å². The average molecular weight is 534 g/mol. The number of nitrogens with two attached hydrogens (primary N) is 1. The van der Waals surface area contributed by atoms with Crippen LogP contribution in [-0.4, -0.2) is 49.7 Å². The number of pyridine rings is 1. The van der Waals surface area contributed by atoms with Crippen molar-refractivity contribution >= 4 is 28.2 Å². The summed E-state index contributed by atoms with van der Waals surface area (Å²) in [4.78, 5) is 13.0. The van der Waals surface area contributed by atoms with Gasteiger partial charge in [-0.3, -0.25) is 9.67 Å². The molecule has 5 rings (SSSR count). The highest BCUT2D eigenvalue weighted by Crippen LogP contribution is 2.35. The quantitative estimate of drug-likeness (QED) is 0.240. The monoisotopic (exact) mass is 533 g/mol. The van der Waals surface area contributed by atoms with Crippen LogP contribution in [0.4, 0.5) is 26.1 Å². The highest BCUT2D eigenvalue weighted by Gasteiger charge is 2.22. The zero-order chi connectivity index (χ0) is 27.4. The number of ether oxygens (including phenoxy) is 2. The van der Waals surface area contributed by atoms with Gasteiger partial charge in [-0.15, -0.1) is 0 Å². The molecule has 3 heterocycles. The van der Waals surface area contributed by atoms with Crippen LogP contribution in [0.3, 0.4) is 0 Å². The predicted molar refractivity (Wildman–Crippen MR) is 142 cm³/mol. The van der Waals surface area contributed by atoms with Gasteiger partial charge in [0, 0.05) is 41.2 Å². The van der Waals surface area contributed by atoms with Crippen molar-refractivity contribution in [3.8, 4) is 23.0 Å². The topological polar surface area (TPSA) is 133 Å². The van der Waals surface area contributed by atoms with Gasteiger partial charge in [0.05, 0.1) is 25.3 Å². The number of nitrogens with zero attached hydrogens (tertiary/aromatic N) is 5. The normalized spacial score (nSPS) is 11.1. The summed E-state index contributed by atoms with van der Waals surface area (Å²) in [5.41, 5.74) is 7.73. The molecule has 5 aromatic rings. The highest BCUT2D eigenvalue weighted by atomic mass is 19.1. The molecule has 0 saturated heterocycles. The first-order valence-electron chi connectivity index (χ1n) is 12.1. The molecule has 3 aromatic heterocycles. The maximum absolute atomic E-state index is 14.9. The van der Waals surface area contributed by atoms with E-state index in [0.29, 0.717) is 22.3 Å². The molecule has 0 unspecified atom stereocenters. The summed E-state index contributed by atoms with van der Waals surface area (Å²) in [6.07, 6.45) is 3.22. The van der Waals surface area contributed by atoms with E-state index >= 15 is 0 Å². The lowest BCUT2D eigenvalue weighted by Crippen LogP contribution is -2.10. The van der Waals surface area contributed by atoms with Gasteiger partial charge in [-0.25, -0.2) is 18.7 Å². The Hall–Kier alpha value is -4.84. The van der Waals surface area contributed by atoms with Crippen LogP contribution in [-0.2, 0) is 6.54 Å². The number of hydrogen-bond donors (Lipinski definition) is 3. The Kier molecular flexibility index (Phi) is 7.46. The van der Waals surface area contributed by atoms with Gasteiger partial charge in [0.25, 0.3) is 0 Å². The van der Waals surface area contributed by atoms with Crippen molar-refractivity contribution in [2.24, 2.45) is 0 Å². The third-order valence-corrected chi connectivity index (χ3v) is 5.78. The molecule has 200 valence electrons. The smallest absolute Gasteiger partial charge is 0.204 e. The van der Waals surface area contributed by atoms with Gasteiger partial charge in [0.2, 0.25) is 5.75 Å². The lowest BCUT2D eigenvalue weighted by molar-refractivity contribution is 0.202. The Balaban J connectivity index is 1.59. The third-order valence-electron chi connectivity index (χ3n) is 5.78. The van der Waals surface area contributed by atoms with E-state index in [9.17, 15) is 13.9 Å². The molecule has 0 bridgehead atoms. The van der Waals surface area contributed by atoms with Gasteiger partial charge in [-0.05, 0) is 25.1 Å². The fourth-order valence-electron chi connectivity index (χ4n) is 4.06. The molecule has 0 spiro atoms. The summed E-state index contributed by atoms with van der Waals surface area (Å²) in [6, 6.07) is 13.0. The number of aliphatic hydroxyl groups excluding tert-OH is 1. The predicted octanol–water partition coefficient (Wildman–Crippen LogP) is 4.31. The van der Waals surface area contributed by atoms with Crippen LogP contribution in [0.15, 0.2) is 60.9 Å². The number of benzene rings is 2. The summed E-state index contributed by atoms with van der Waals surface area (Å²) in [6.45, 7) is 1.59. The fraction of sp³-hybridized carbons (Fsp3) is 0.185. The summed E-state index contributed by atoms with van der Waals surface area (Å²) in [5, 5.41) is 17.7. The molecule has 10 nitrogen and oxygen atoms in total. The largest absolute Gasteiger partial charge is 0.494 e. The molecule has 4 N–H and O–H groups in total. The van der Waals surface area contributed by atoms with Crippen LogP contribution in [0.1, 0.15) is 12.5 Å². The number of rotatable bonds is 10. The molecule has 39 heavy (non-hydrogen) atoms. The highest BCUT2D eigenvalue weighted by molar-refractivity contribution is 5.92. The molecule has 0 aliphatic carbocycles. The molecule has 0 aliphatic rings. The Morgan fingerprint density at radius 3 is 2.49 bits per heavy atom. The molecule has 2 aromatic carbocycles. The number of fused-ring (bicyclic) bond motifs is 1. The standard InChI is InChI=1S/C27H25F2N7O3/c1-2-38-17-13-20(28)19(21(29)14-17)15-36-22-6-4-3-5-18(22)23(35-36)26-33-25(30)24(39-12-11-37)27(34-26)32-16-7-9-31-10-8-16/h3-10,13-14,37H,2,11-12,15H2,1H3,(H3,30,31,32,33,34). The number of anilines is 3. The lowest BCUT2D eigenvalue weighted by Gasteiger charge is -2.14. The number of nitrogens with one attached hydrogen (secondary N) is 1. The van der Waals surface area contributed by atoms with Gasteiger partial charge < -0.3 is 25.6 Å². The fourth-order valence-corrected chi connectivity index (χ4v) is 4.06. The molecule has 0 amide bonds. The molecule has 12 heteroatoms. The van der Waals surface area contributed by atoms with Crippen molar-refractivity contribution in [1.29, 1.82) is 0 Å². The van der Waals surface area contributed by atoms with Gasteiger partial charge in [-0.1, -0.05) is 18.2 Å². The molecular weight excluding hydrogens is 508 g/mol. The SMILES string of the molecule is CCOc1cc(F)c(Cn2nc(-c3nc(N)c(OCCO)c(Nc4ccncc4)n3)c3ccccc32)c(F)c1.